The van der Waals surface area contributed by atoms with Gasteiger partial charge in [0.25, 0.3) is 5.69 Å². The van der Waals surface area contributed by atoms with Gasteiger partial charge < -0.3 is 15.4 Å². The van der Waals surface area contributed by atoms with Gasteiger partial charge in [-0.3, -0.25) is 19.7 Å². The van der Waals surface area contributed by atoms with E-state index in [0.717, 1.165) is 6.07 Å². The molecule has 24 heavy (non-hydrogen) atoms. The van der Waals surface area contributed by atoms with Crippen LogP contribution in [0.1, 0.15) is 0 Å². The Morgan fingerprint density at radius 1 is 1.12 bits per heavy atom. The maximum Gasteiger partial charge on any atom is 0.314 e. The molecule has 0 heterocycles. The molecule has 0 fully saturated rings. The van der Waals surface area contributed by atoms with E-state index < -0.39 is 16.7 Å². The fourth-order valence-electron chi connectivity index (χ4n) is 1.84. The van der Waals surface area contributed by atoms with Crippen LogP contribution in [-0.4, -0.2) is 23.8 Å². The van der Waals surface area contributed by atoms with Crippen LogP contribution in [0.2, 0.25) is 5.02 Å². The zero-order valence-electron chi connectivity index (χ0n) is 12.4. The number of nitrogens with zero attached hydrogens (tertiary/aromatic N) is 1. The number of ether oxygens (including phenoxy) is 1. The number of hydrogen-bond acceptors (Lipinski definition) is 5. The van der Waals surface area contributed by atoms with E-state index in [9.17, 15) is 19.7 Å². The number of anilines is 2. The Balaban J connectivity index is 2.10. The first-order valence-corrected chi connectivity index (χ1v) is 6.99. The van der Waals surface area contributed by atoms with Crippen molar-refractivity contribution in [1.29, 1.82) is 0 Å². The third-order valence-electron chi connectivity index (χ3n) is 2.93. The first-order chi connectivity index (χ1) is 11.4. The molecular weight excluding hydrogens is 338 g/mol. The number of hydrogen-bond donors (Lipinski definition) is 2. The molecule has 0 saturated heterocycles. The summed E-state index contributed by atoms with van der Waals surface area (Å²) in [6, 6.07) is 9.77. The van der Waals surface area contributed by atoms with Gasteiger partial charge in [-0.2, -0.15) is 0 Å². The molecule has 0 aliphatic carbocycles. The third kappa shape index (κ3) is 4.20. The fourth-order valence-corrected chi connectivity index (χ4v) is 2.01. The Hall–Kier alpha value is -3.13. The summed E-state index contributed by atoms with van der Waals surface area (Å²) in [5, 5.41) is 15.7. The Morgan fingerprint density at radius 3 is 2.50 bits per heavy atom. The highest BCUT2D eigenvalue weighted by Gasteiger charge is 2.17. The molecule has 2 rings (SSSR count). The third-order valence-corrected chi connectivity index (χ3v) is 3.17. The Labute approximate surface area is 141 Å². The zero-order chi connectivity index (χ0) is 17.7. The number of nitro groups is 1. The van der Waals surface area contributed by atoms with E-state index >= 15 is 0 Å². The van der Waals surface area contributed by atoms with Crippen molar-refractivity contribution in [2.75, 3.05) is 17.7 Å². The average molecular weight is 350 g/mol. The number of benzene rings is 2. The quantitative estimate of drug-likeness (QED) is 0.501. The second-order valence-corrected chi connectivity index (χ2v) is 5.00. The molecule has 2 aromatic carbocycles. The maximum absolute atomic E-state index is 12.0. The zero-order valence-corrected chi connectivity index (χ0v) is 13.2. The minimum absolute atomic E-state index is 0.127. The summed E-state index contributed by atoms with van der Waals surface area (Å²) >= 11 is 5.84. The lowest BCUT2D eigenvalue weighted by atomic mass is 10.2. The monoisotopic (exact) mass is 349 g/mol. The van der Waals surface area contributed by atoms with E-state index in [1.807, 2.05) is 0 Å². The highest BCUT2D eigenvalue weighted by molar-refractivity contribution is 6.44. The highest BCUT2D eigenvalue weighted by Crippen LogP contribution is 2.27. The van der Waals surface area contributed by atoms with Crippen LogP contribution in [0.15, 0.2) is 42.5 Å². The van der Waals surface area contributed by atoms with Crippen molar-refractivity contribution in [2.45, 2.75) is 0 Å². The summed E-state index contributed by atoms with van der Waals surface area (Å²) in [4.78, 5) is 34.0. The van der Waals surface area contributed by atoms with Gasteiger partial charge in [0.1, 0.15) is 5.75 Å². The van der Waals surface area contributed by atoms with Crippen LogP contribution in [0.3, 0.4) is 0 Å². The number of carbonyl (C=O) groups excluding carboxylic acids is 2. The van der Waals surface area contributed by atoms with Gasteiger partial charge in [0.05, 0.1) is 17.7 Å². The molecule has 0 saturated carbocycles. The predicted octanol–water partition coefficient (Wildman–Crippen LogP) is 2.83. The van der Waals surface area contributed by atoms with E-state index in [4.69, 9.17) is 16.3 Å². The van der Waals surface area contributed by atoms with E-state index in [1.165, 1.54) is 37.4 Å². The van der Waals surface area contributed by atoms with Crippen molar-refractivity contribution in [3.05, 3.63) is 57.6 Å². The number of carbonyl (C=O) groups is 2. The number of methoxy groups -OCH3 is 1. The molecule has 0 aromatic heterocycles. The molecule has 8 nitrogen and oxygen atoms in total. The molecule has 0 spiro atoms. The summed E-state index contributed by atoms with van der Waals surface area (Å²) in [6.45, 7) is 0. The van der Waals surface area contributed by atoms with E-state index in [2.05, 4.69) is 10.6 Å². The predicted molar refractivity (Wildman–Crippen MR) is 88.4 cm³/mol. The average Bonchev–Trinajstić information content (AvgIpc) is 2.55. The first-order valence-electron chi connectivity index (χ1n) is 6.61. The topological polar surface area (TPSA) is 111 Å². The van der Waals surface area contributed by atoms with E-state index in [0.29, 0.717) is 10.8 Å². The van der Waals surface area contributed by atoms with Crippen molar-refractivity contribution >= 4 is 40.5 Å². The second-order valence-electron chi connectivity index (χ2n) is 4.56. The van der Waals surface area contributed by atoms with Crippen molar-refractivity contribution in [1.82, 2.24) is 0 Å². The number of halogens is 1. The minimum atomic E-state index is -0.988. The van der Waals surface area contributed by atoms with E-state index in [1.54, 1.807) is 6.07 Å². The molecule has 0 radical (unpaired) electrons. The van der Waals surface area contributed by atoms with Gasteiger partial charge in [-0.05, 0) is 24.3 Å². The van der Waals surface area contributed by atoms with Gasteiger partial charge in [-0.25, -0.2) is 0 Å². The lowest BCUT2D eigenvalue weighted by Crippen LogP contribution is -2.29. The largest absolute Gasteiger partial charge is 0.495 e. The Morgan fingerprint density at radius 2 is 1.83 bits per heavy atom. The summed E-state index contributed by atoms with van der Waals surface area (Å²) in [7, 11) is 1.40. The number of rotatable bonds is 4. The molecule has 0 aliphatic heterocycles. The summed E-state index contributed by atoms with van der Waals surface area (Å²) in [5.74, 6) is -1.63. The van der Waals surface area contributed by atoms with Crippen LogP contribution in [0.4, 0.5) is 17.1 Å². The molecule has 0 atom stereocenters. The van der Waals surface area contributed by atoms with Crippen LogP contribution in [-0.2, 0) is 9.59 Å². The normalized spacial score (nSPS) is 9.92. The molecule has 124 valence electrons. The van der Waals surface area contributed by atoms with Crippen molar-refractivity contribution in [3.8, 4) is 5.75 Å². The van der Waals surface area contributed by atoms with Gasteiger partial charge in [0.15, 0.2) is 0 Å². The molecular formula is C15H12ClN3O5. The summed E-state index contributed by atoms with van der Waals surface area (Å²) in [6.07, 6.45) is 0. The standard InChI is InChI=1S/C15H12ClN3O5/c1-24-13-6-5-9(16)7-12(13)18-15(21)14(20)17-10-3-2-4-11(8-10)19(22)23/h2-8H,1H3,(H,17,20)(H,18,21). The van der Waals surface area contributed by atoms with Gasteiger partial charge >= 0.3 is 11.8 Å². The van der Waals surface area contributed by atoms with Gasteiger partial charge in [-0.1, -0.05) is 17.7 Å². The van der Waals surface area contributed by atoms with Crippen molar-refractivity contribution in [3.63, 3.8) is 0 Å². The van der Waals surface area contributed by atoms with Crippen molar-refractivity contribution < 1.29 is 19.2 Å². The highest BCUT2D eigenvalue weighted by atomic mass is 35.5. The summed E-state index contributed by atoms with van der Waals surface area (Å²) < 4.78 is 5.06. The maximum atomic E-state index is 12.0. The molecule has 2 N–H and O–H groups in total. The molecule has 0 unspecified atom stereocenters. The SMILES string of the molecule is COc1ccc(Cl)cc1NC(=O)C(=O)Nc1cccc([N+](=O)[O-])c1. The number of amides is 2. The van der Waals surface area contributed by atoms with Gasteiger partial charge in [-0.15, -0.1) is 0 Å². The van der Waals surface area contributed by atoms with E-state index in [-0.39, 0.29) is 17.1 Å². The molecule has 2 aromatic rings. The van der Waals surface area contributed by atoms with Crippen LogP contribution in [0, 0.1) is 10.1 Å². The van der Waals surface area contributed by atoms with Crippen LogP contribution in [0.5, 0.6) is 5.75 Å². The fraction of sp³-hybridized carbons (Fsp3) is 0.0667. The lowest BCUT2D eigenvalue weighted by Gasteiger charge is -2.10. The van der Waals surface area contributed by atoms with Gasteiger partial charge in [0.2, 0.25) is 0 Å². The number of non-ortho nitro benzene ring substituents is 1. The Kier molecular flexibility index (Phi) is 5.33. The van der Waals surface area contributed by atoms with Crippen LogP contribution in [0.25, 0.3) is 0 Å². The molecule has 0 bridgehead atoms. The minimum Gasteiger partial charge on any atom is -0.495 e. The smallest absolute Gasteiger partial charge is 0.314 e. The second kappa shape index (κ2) is 7.42. The molecule has 0 aliphatic rings. The number of nitro benzene ring substituents is 1. The van der Waals surface area contributed by atoms with Gasteiger partial charge in [0, 0.05) is 22.8 Å². The lowest BCUT2D eigenvalue weighted by molar-refractivity contribution is -0.384. The van der Waals surface area contributed by atoms with Crippen LogP contribution >= 0.6 is 11.6 Å². The first kappa shape index (κ1) is 17.2. The van der Waals surface area contributed by atoms with Crippen LogP contribution < -0.4 is 15.4 Å². The summed E-state index contributed by atoms with van der Waals surface area (Å²) in [5.41, 5.74) is 0.149. The molecule has 9 heteroatoms. The molecule has 2 amide bonds. The number of nitrogens with one attached hydrogen (secondary N) is 2. The Bertz CT molecular complexity index is 809. The van der Waals surface area contributed by atoms with Crippen molar-refractivity contribution in [2.24, 2.45) is 0 Å².